The first kappa shape index (κ1) is 14.8. The molecule has 3 rings (SSSR count). The maximum absolute atomic E-state index is 12.3. The monoisotopic (exact) mass is 307 g/mol. The van der Waals surface area contributed by atoms with Gasteiger partial charge in [-0.2, -0.15) is 0 Å². The smallest absolute Gasteiger partial charge is 0.284 e. The average molecular weight is 307 g/mol. The lowest BCUT2D eigenvalue weighted by atomic mass is 10.1. The molecule has 0 spiro atoms. The van der Waals surface area contributed by atoms with Gasteiger partial charge in [0.15, 0.2) is 0 Å². The van der Waals surface area contributed by atoms with E-state index in [2.05, 4.69) is 10.4 Å². The molecule has 0 saturated heterocycles. The molecule has 2 N–H and O–H groups in total. The Bertz CT molecular complexity index is 835. The molecule has 116 valence electrons. The van der Waals surface area contributed by atoms with Crippen LogP contribution < -0.4 is 10.9 Å². The van der Waals surface area contributed by atoms with E-state index in [1.807, 2.05) is 48.5 Å². The minimum Gasteiger partial charge on any atom is -0.351 e. The Balaban J connectivity index is 1.67. The highest BCUT2D eigenvalue weighted by Crippen LogP contribution is 2.03. The molecule has 0 atom stereocenters. The van der Waals surface area contributed by atoms with Crippen molar-refractivity contribution in [3.8, 4) is 5.69 Å². The topological polar surface area (TPSA) is 66.9 Å². The van der Waals surface area contributed by atoms with E-state index in [4.69, 9.17) is 0 Å². The summed E-state index contributed by atoms with van der Waals surface area (Å²) in [5.74, 6) is -0.364. The van der Waals surface area contributed by atoms with Crippen LogP contribution in [0.1, 0.15) is 15.9 Å². The van der Waals surface area contributed by atoms with Gasteiger partial charge in [0.2, 0.25) is 0 Å². The van der Waals surface area contributed by atoms with Gasteiger partial charge >= 0.3 is 0 Å². The Morgan fingerprint density at radius 3 is 2.35 bits per heavy atom. The fraction of sp³-hybridized carbons (Fsp3) is 0.111. The molecule has 0 saturated carbocycles. The zero-order chi connectivity index (χ0) is 16.1. The van der Waals surface area contributed by atoms with E-state index in [0.717, 1.165) is 12.0 Å². The van der Waals surface area contributed by atoms with Crippen molar-refractivity contribution in [3.05, 3.63) is 88.3 Å². The zero-order valence-electron chi connectivity index (χ0n) is 12.5. The lowest BCUT2D eigenvalue weighted by Crippen LogP contribution is -2.30. The second kappa shape index (κ2) is 6.79. The molecule has 0 fully saturated rings. The molecular formula is C18H17N3O2. The SMILES string of the molecule is O=C(NCCc1ccccc1)c1c[nH]n(-c2ccccc2)c1=O. The third kappa shape index (κ3) is 3.40. The molecule has 0 radical (unpaired) electrons. The summed E-state index contributed by atoms with van der Waals surface area (Å²) in [7, 11) is 0. The van der Waals surface area contributed by atoms with Gasteiger partial charge in [-0.25, -0.2) is 4.68 Å². The first-order valence-corrected chi connectivity index (χ1v) is 7.43. The normalized spacial score (nSPS) is 10.4. The van der Waals surface area contributed by atoms with Gasteiger partial charge < -0.3 is 5.32 Å². The molecule has 0 aliphatic heterocycles. The van der Waals surface area contributed by atoms with Crippen LogP contribution in [0.15, 0.2) is 71.7 Å². The van der Waals surface area contributed by atoms with Crippen LogP contribution in [0.4, 0.5) is 0 Å². The van der Waals surface area contributed by atoms with E-state index >= 15 is 0 Å². The number of nitrogens with zero attached hydrogens (tertiary/aromatic N) is 1. The Kier molecular flexibility index (Phi) is 4.38. The van der Waals surface area contributed by atoms with Crippen molar-refractivity contribution in [1.82, 2.24) is 15.1 Å². The summed E-state index contributed by atoms with van der Waals surface area (Å²) in [6.07, 6.45) is 2.16. The van der Waals surface area contributed by atoms with Gasteiger partial charge in [0.1, 0.15) is 5.56 Å². The van der Waals surface area contributed by atoms with Gasteiger partial charge in [-0.05, 0) is 24.1 Å². The van der Waals surface area contributed by atoms with Crippen molar-refractivity contribution in [2.24, 2.45) is 0 Å². The Hall–Kier alpha value is -3.08. The number of rotatable bonds is 5. The van der Waals surface area contributed by atoms with E-state index in [1.54, 1.807) is 12.1 Å². The quantitative estimate of drug-likeness (QED) is 0.758. The molecule has 0 aliphatic rings. The molecule has 0 unspecified atom stereocenters. The number of hydrogen-bond acceptors (Lipinski definition) is 2. The van der Waals surface area contributed by atoms with Crippen LogP contribution in [0.2, 0.25) is 0 Å². The first-order valence-electron chi connectivity index (χ1n) is 7.43. The van der Waals surface area contributed by atoms with Crippen molar-refractivity contribution in [3.63, 3.8) is 0 Å². The number of hydrogen-bond donors (Lipinski definition) is 2. The third-order valence-electron chi connectivity index (χ3n) is 3.57. The lowest BCUT2D eigenvalue weighted by Gasteiger charge is -2.03. The van der Waals surface area contributed by atoms with E-state index in [0.29, 0.717) is 12.2 Å². The maximum Gasteiger partial charge on any atom is 0.284 e. The fourth-order valence-electron chi connectivity index (χ4n) is 2.36. The Morgan fingerprint density at radius 2 is 1.65 bits per heavy atom. The second-order valence-corrected chi connectivity index (χ2v) is 5.15. The molecule has 1 aromatic heterocycles. The van der Waals surface area contributed by atoms with Crippen molar-refractivity contribution < 1.29 is 4.79 Å². The van der Waals surface area contributed by atoms with E-state index in [-0.39, 0.29) is 17.0 Å². The summed E-state index contributed by atoms with van der Waals surface area (Å²) in [4.78, 5) is 24.5. The summed E-state index contributed by atoms with van der Waals surface area (Å²) in [6, 6.07) is 19.0. The largest absolute Gasteiger partial charge is 0.351 e. The predicted molar refractivity (Wildman–Crippen MR) is 88.9 cm³/mol. The molecule has 5 heteroatoms. The molecular weight excluding hydrogens is 290 g/mol. The number of carbonyl (C=O) groups is 1. The molecule has 23 heavy (non-hydrogen) atoms. The molecule has 2 aromatic carbocycles. The van der Waals surface area contributed by atoms with E-state index in [9.17, 15) is 9.59 Å². The van der Waals surface area contributed by atoms with Gasteiger partial charge in [-0.15, -0.1) is 0 Å². The van der Waals surface area contributed by atoms with Crippen LogP contribution in [0.3, 0.4) is 0 Å². The highest BCUT2D eigenvalue weighted by molar-refractivity contribution is 5.93. The number of benzene rings is 2. The summed E-state index contributed by atoms with van der Waals surface area (Å²) < 4.78 is 1.35. The van der Waals surface area contributed by atoms with E-state index < -0.39 is 0 Å². The molecule has 1 heterocycles. The summed E-state index contributed by atoms with van der Waals surface area (Å²) in [5.41, 5.74) is 1.60. The number of nitrogens with one attached hydrogen (secondary N) is 2. The van der Waals surface area contributed by atoms with Crippen LogP contribution in [0.25, 0.3) is 5.69 Å². The third-order valence-corrected chi connectivity index (χ3v) is 3.57. The van der Waals surface area contributed by atoms with Crippen molar-refractivity contribution in [2.75, 3.05) is 6.54 Å². The number of H-pyrrole nitrogens is 1. The summed E-state index contributed by atoms with van der Waals surface area (Å²) in [5, 5.41) is 5.60. The standard InChI is InChI=1S/C18H17N3O2/c22-17(19-12-11-14-7-3-1-4-8-14)16-13-20-21(18(16)23)15-9-5-2-6-10-15/h1-10,13,20H,11-12H2,(H,19,22). The number of carbonyl (C=O) groups excluding carboxylic acids is 1. The average Bonchev–Trinajstić information content (AvgIpc) is 2.98. The fourth-order valence-corrected chi connectivity index (χ4v) is 2.36. The predicted octanol–water partition coefficient (Wildman–Crippen LogP) is 2.14. The van der Waals surface area contributed by atoms with Crippen LogP contribution in [0, 0.1) is 0 Å². The van der Waals surface area contributed by atoms with Crippen LogP contribution in [-0.4, -0.2) is 22.2 Å². The minimum atomic E-state index is -0.364. The number of amides is 1. The summed E-state index contributed by atoms with van der Waals surface area (Å²) >= 11 is 0. The van der Waals surface area contributed by atoms with Crippen molar-refractivity contribution in [2.45, 2.75) is 6.42 Å². The van der Waals surface area contributed by atoms with Gasteiger partial charge in [-0.3, -0.25) is 14.7 Å². The molecule has 3 aromatic rings. The minimum absolute atomic E-state index is 0.113. The molecule has 0 aliphatic carbocycles. The highest BCUT2D eigenvalue weighted by Gasteiger charge is 2.14. The molecule has 5 nitrogen and oxygen atoms in total. The Labute approximate surface area is 133 Å². The van der Waals surface area contributed by atoms with Gasteiger partial charge in [-0.1, -0.05) is 48.5 Å². The molecule has 0 bridgehead atoms. The van der Waals surface area contributed by atoms with Crippen molar-refractivity contribution in [1.29, 1.82) is 0 Å². The molecule has 1 amide bonds. The number of aromatic amines is 1. The van der Waals surface area contributed by atoms with Crippen LogP contribution in [-0.2, 0) is 6.42 Å². The zero-order valence-corrected chi connectivity index (χ0v) is 12.5. The first-order chi connectivity index (χ1) is 11.3. The van der Waals surface area contributed by atoms with Gasteiger partial charge in [0.25, 0.3) is 11.5 Å². The van der Waals surface area contributed by atoms with Crippen molar-refractivity contribution >= 4 is 5.91 Å². The number of aromatic nitrogens is 2. The lowest BCUT2D eigenvalue weighted by molar-refractivity contribution is 0.0953. The van der Waals surface area contributed by atoms with Gasteiger partial charge in [0, 0.05) is 12.7 Å². The second-order valence-electron chi connectivity index (χ2n) is 5.15. The maximum atomic E-state index is 12.3. The Morgan fingerprint density at radius 1 is 1.00 bits per heavy atom. The van der Waals surface area contributed by atoms with Crippen LogP contribution >= 0.6 is 0 Å². The highest BCUT2D eigenvalue weighted by atomic mass is 16.2. The van der Waals surface area contributed by atoms with E-state index in [1.165, 1.54) is 10.9 Å². The number of para-hydroxylation sites is 1. The van der Waals surface area contributed by atoms with Crippen LogP contribution in [0.5, 0.6) is 0 Å². The van der Waals surface area contributed by atoms with Gasteiger partial charge in [0.05, 0.1) is 5.69 Å². The summed E-state index contributed by atoms with van der Waals surface area (Å²) in [6.45, 7) is 0.485.